The van der Waals surface area contributed by atoms with Gasteiger partial charge >= 0.3 is 0 Å². The maximum absolute atomic E-state index is 5.86. The van der Waals surface area contributed by atoms with Gasteiger partial charge in [-0.05, 0) is 60.7 Å². The molecule has 2 atom stereocenters. The van der Waals surface area contributed by atoms with Gasteiger partial charge in [-0.2, -0.15) is 0 Å². The average molecular weight is 461 g/mol. The van der Waals surface area contributed by atoms with Crippen molar-refractivity contribution in [2.45, 2.75) is 18.6 Å². The van der Waals surface area contributed by atoms with Crippen molar-refractivity contribution in [1.29, 1.82) is 0 Å². The number of hydrogen-bond acceptors (Lipinski definition) is 5. The average Bonchev–Trinajstić information content (AvgIpc) is 3.60. The topological polar surface area (TPSA) is 64.7 Å². The fourth-order valence-corrected chi connectivity index (χ4v) is 4.65. The molecule has 0 amide bonds. The summed E-state index contributed by atoms with van der Waals surface area (Å²) in [6, 6.07) is 19.3. The first-order valence-corrected chi connectivity index (χ1v) is 11.0. The molecule has 1 N–H and O–H groups in total. The summed E-state index contributed by atoms with van der Waals surface area (Å²) in [5.74, 6) is 2.30. The number of anilines is 1. The monoisotopic (exact) mass is 460 g/mol. The third-order valence-electron chi connectivity index (χ3n) is 5.82. The third kappa shape index (κ3) is 3.93. The second-order valence-electron chi connectivity index (χ2n) is 7.67. The Hall–Kier alpha value is -3.78. The molecule has 4 aromatic rings. The lowest BCUT2D eigenvalue weighted by molar-refractivity contribution is 0.402. The van der Waals surface area contributed by atoms with E-state index in [1.807, 2.05) is 54.6 Å². The Morgan fingerprint density at radius 1 is 1.06 bits per heavy atom. The summed E-state index contributed by atoms with van der Waals surface area (Å²) in [5, 5.41) is 4.08. The lowest BCUT2D eigenvalue weighted by Crippen LogP contribution is -2.30. The predicted molar refractivity (Wildman–Crippen MR) is 130 cm³/mol. The maximum Gasteiger partial charge on any atom is 0.174 e. The zero-order valence-corrected chi connectivity index (χ0v) is 19.2. The molecule has 0 radical (unpaired) electrons. The zero-order chi connectivity index (χ0) is 22.8. The molecular formula is C25H24N4O3S. The van der Waals surface area contributed by atoms with Gasteiger partial charge < -0.3 is 28.7 Å². The minimum absolute atomic E-state index is 0.167. The second-order valence-corrected chi connectivity index (χ2v) is 8.06. The van der Waals surface area contributed by atoms with E-state index in [0.29, 0.717) is 17.4 Å². The Morgan fingerprint density at radius 2 is 1.97 bits per heavy atom. The van der Waals surface area contributed by atoms with Crippen LogP contribution < -0.4 is 19.7 Å². The van der Waals surface area contributed by atoms with E-state index in [1.54, 1.807) is 26.7 Å². The summed E-state index contributed by atoms with van der Waals surface area (Å²) in [6.45, 7) is 0.608. The van der Waals surface area contributed by atoms with E-state index < -0.39 is 0 Å². The van der Waals surface area contributed by atoms with E-state index >= 15 is 0 Å². The highest BCUT2D eigenvalue weighted by Crippen LogP contribution is 2.45. The summed E-state index contributed by atoms with van der Waals surface area (Å²) in [4.78, 5) is 6.72. The molecule has 4 heterocycles. The number of nitrogens with zero attached hydrogens (tertiary/aromatic N) is 3. The van der Waals surface area contributed by atoms with Crippen LogP contribution in [-0.2, 0) is 6.54 Å². The predicted octanol–water partition coefficient (Wildman–Crippen LogP) is 4.72. The van der Waals surface area contributed by atoms with Crippen LogP contribution in [0.4, 0.5) is 5.69 Å². The molecular weight excluding hydrogens is 436 g/mol. The summed E-state index contributed by atoms with van der Waals surface area (Å²) in [7, 11) is 3.30. The Labute approximate surface area is 197 Å². The first-order chi connectivity index (χ1) is 16.2. The molecule has 1 aliphatic heterocycles. The number of thiocarbonyl (C=S) groups is 1. The Kier molecular flexibility index (Phi) is 5.75. The van der Waals surface area contributed by atoms with Crippen molar-refractivity contribution in [3.63, 3.8) is 0 Å². The van der Waals surface area contributed by atoms with Crippen LogP contribution in [0.2, 0.25) is 0 Å². The fourth-order valence-electron chi connectivity index (χ4n) is 4.31. The number of hydrogen-bond donors (Lipinski definition) is 1. The molecule has 3 aromatic heterocycles. The minimum Gasteiger partial charge on any atom is -0.497 e. The van der Waals surface area contributed by atoms with Crippen molar-refractivity contribution in [3.8, 4) is 11.5 Å². The van der Waals surface area contributed by atoms with Gasteiger partial charge in [-0.1, -0.05) is 6.07 Å². The van der Waals surface area contributed by atoms with E-state index in [1.165, 1.54) is 0 Å². The van der Waals surface area contributed by atoms with Gasteiger partial charge in [0.1, 0.15) is 23.3 Å². The molecule has 168 valence electrons. The molecule has 5 rings (SSSR count). The molecule has 0 saturated carbocycles. The molecule has 1 aliphatic rings. The Morgan fingerprint density at radius 3 is 2.70 bits per heavy atom. The number of rotatable bonds is 7. The van der Waals surface area contributed by atoms with E-state index in [0.717, 1.165) is 28.6 Å². The lowest BCUT2D eigenvalue weighted by Gasteiger charge is -2.30. The van der Waals surface area contributed by atoms with Gasteiger partial charge in [0.2, 0.25) is 0 Å². The zero-order valence-electron chi connectivity index (χ0n) is 18.3. The van der Waals surface area contributed by atoms with Crippen LogP contribution in [0.15, 0.2) is 83.7 Å². The van der Waals surface area contributed by atoms with Gasteiger partial charge in [-0.3, -0.25) is 4.98 Å². The van der Waals surface area contributed by atoms with Crippen molar-refractivity contribution < 1.29 is 13.9 Å². The smallest absolute Gasteiger partial charge is 0.174 e. The first kappa shape index (κ1) is 21.1. The van der Waals surface area contributed by atoms with Crippen LogP contribution in [0.1, 0.15) is 29.2 Å². The number of benzene rings is 1. The lowest BCUT2D eigenvalue weighted by atomic mass is 10.0. The maximum atomic E-state index is 5.86. The number of pyridine rings is 1. The molecule has 8 heteroatoms. The van der Waals surface area contributed by atoms with E-state index in [9.17, 15) is 0 Å². The number of nitrogens with one attached hydrogen (secondary N) is 1. The number of methoxy groups -OCH3 is 2. The summed E-state index contributed by atoms with van der Waals surface area (Å²) >= 11 is 5.86. The largest absolute Gasteiger partial charge is 0.497 e. The van der Waals surface area contributed by atoms with Crippen LogP contribution in [-0.4, -0.2) is 28.9 Å². The van der Waals surface area contributed by atoms with Gasteiger partial charge in [0.25, 0.3) is 0 Å². The molecule has 0 aliphatic carbocycles. The molecule has 1 saturated heterocycles. The highest BCUT2D eigenvalue weighted by atomic mass is 32.1. The second kappa shape index (κ2) is 8.99. The molecule has 0 bridgehead atoms. The number of aromatic nitrogens is 2. The van der Waals surface area contributed by atoms with Crippen LogP contribution in [0.3, 0.4) is 0 Å². The van der Waals surface area contributed by atoms with Crippen molar-refractivity contribution in [3.05, 3.63) is 96.5 Å². The van der Waals surface area contributed by atoms with Gasteiger partial charge in [0, 0.05) is 24.2 Å². The van der Waals surface area contributed by atoms with Crippen LogP contribution in [0.5, 0.6) is 11.5 Å². The van der Waals surface area contributed by atoms with Gasteiger partial charge in [-0.15, -0.1) is 0 Å². The molecule has 1 aromatic carbocycles. The van der Waals surface area contributed by atoms with Gasteiger partial charge in [-0.25, -0.2) is 0 Å². The molecule has 33 heavy (non-hydrogen) atoms. The van der Waals surface area contributed by atoms with Crippen molar-refractivity contribution in [2.75, 3.05) is 19.1 Å². The summed E-state index contributed by atoms with van der Waals surface area (Å²) in [5.41, 5.74) is 2.79. The number of furan rings is 1. The highest BCUT2D eigenvalue weighted by Gasteiger charge is 2.43. The molecule has 1 fully saturated rings. The molecule has 2 unspecified atom stereocenters. The third-order valence-corrected chi connectivity index (χ3v) is 6.13. The van der Waals surface area contributed by atoms with E-state index in [2.05, 4.69) is 32.0 Å². The van der Waals surface area contributed by atoms with Crippen molar-refractivity contribution in [1.82, 2.24) is 14.9 Å². The molecule has 7 nitrogen and oxygen atoms in total. The van der Waals surface area contributed by atoms with Crippen molar-refractivity contribution in [2.24, 2.45) is 0 Å². The first-order valence-electron chi connectivity index (χ1n) is 10.6. The Balaban J connectivity index is 1.65. The standard InChI is InChI=1S/C25H24N4O3S/c1-30-17-10-11-22(31-2)21(15-17)29-24(23(27-25(29)33)19-8-3-4-12-26-19)20-9-5-13-28(20)16-18-7-6-14-32-18/h3-15,23-24H,16H2,1-2H3,(H,27,33). The van der Waals surface area contributed by atoms with Gasteiger partial charge in [0.15, 0.2) is 5.11 Å². The molecule has 0 spiro atoms. The summed E-state index contributed by atoms with van der Waals surface area (Å²) < 4.78 is 19.0. The normalized spacial score (nSPS) is 17.8. The van der Waals surface area contributed by atoms with Gasteiger partial charge in [0.05, 0.1) is 44.5 Å². The minimum atomic E-state index is -0.182. The van der Waals surface area contributed by atoms with E-state index in [-0.39, 0.29) is 12.1 Å². The van der Waals surface area contributed by atoms with Crippen LogP contribution in [0.25, 0.3) is 0 Å². The van der Waals surface area contributed by atoms with Crippen LogP contribution >= 0.6 is 12.2 Å². The van der Waals surface area contributed by atoms with Crippen LogP contribution in [0, 0.1) is 0 Å². The SMILES string of the molecule is COc1ccc(OC)c(N2C(=S)NC(c3ccccn3)C2c2cccn2Cc2ccco2)c1. The quantitative estimate of drug-likeness (QED) is 0.401. The van der Waals surface area contributed by atoms with Crippen molar-refractivity contribution >= 4 is 23.0 Å². The highest BCUT2D eigenvalue weighted by molar-refractivity contribution is 7.80. The number of ether oxygens (including phenoxy) is 2. The van der Waals surface area contributed by atoms with E-state index in [4.69, 9.17) is 26.1 Å². The Bertz CT molecular complexity index is 1240. The summed E-state index contributed by atoms with van der Waals surface area (Å²) in [6.07, 6.45) is 5.54. The fraction of sp³-hybridized carbons (Fsp3) is 0.200.